The van der Waals surface area contributed by atoms with Crippen LogP contribution in [0.15, 0.2) is 24.3 Å². The molecule has 5 nitrogen and oxygen atoms in total. The lowest BCUT2D eigenvalue weighted by Gasteiger charge is -2.44. The van der Waals surface area contributed by atoms with Crippen molar-refractivity contribution in [1.82, 2.24) is 4.90 Å². The predicted molar refractivity (Wildman–Crippen MR) is 96.8 cm³/mol. The van der Waals surface area contributed by atoms with Crippen LogP contribution in [0.5, 0.6) is 5.75 Å². The topological polar surface area (TPSA) is 49.9 Å². The molecule has 1 spiro atoms. The summed E-state index contributed by atoms with van der Waals surface area (Å²) in [5.41, 5.74) is 0.856. The summed E-state index contributed by atoms with van der Waals surface area (Å²) < 4.78 is 5.29. The highest BCUT2D eigenvalue weighted by Crippen LogP contribution is 2.47. The molecule has 2 heterocycles. The van der Waals surface area contributed by atoms with Gasteiger partial charge in [0.15, 0.2) is 0 Å². The van der Waals surface area contributed by atoms with Crippen molar-refractivity contribution in [2.24, 2.45) is 0 Å². The molecule has 2 amide bonds. The number of methoxy groups -OCH3 is 1. The summed E-state index contributed by atoms with van der Waals surface area (Å²) in [6, 6.07) is 7.59. The number of benzene rings is 1. The maximum Gasteiger partial charge on any atom is 0.240 e. The smallest absolute Gasteiger partial charge is 0.240 e. The Balaban J connectivity index is 1.82. The third-order valence-corrected chi connectivity index (χ3v) is 6.34. The van der Waals surface area contributed by atoms with E-state index in [1.54, 1.807) is 30.7 Å². The van der Waals surface area contributed by atoms with Gasteiger partial charge in [-0.05, 0) is 31.9 Å². The van der Waals surface area contributed by atoms with Crippen LogP contribution >= 0.6 is 23.4 Å². The Hall–Kier alpha value is -1.40. The summed E-state index contributed by atoms with van der Waals surface area (Å²) in [6.45, 7) is 2.94. The molecule has 2 fully saturated rings. The highest BCUT2D eigenvalue weighted by atomic mass is 35.5. The number of ether oxygens (including phenoxy) is 1. The van der Waals surface area contributed by atoms with E-state index in [0.29, 0.717) is 18.8 Å². The number of amides is 2. The quantitative estimate of drug-likeness (QED) is 0.770. The van der Waals surface area contributed by atoms with Gasteiger partial charge in [-0.1, -0.05) is 6.07 Å². The largest absolute Gasteiger partial charge is 0.497 e. The highest BCUT2D eigenvalue weighted by molar-refractivity contribution is 8.02. The first kappa shape index (κ1) is 17.4. The van der Waals surface area contributed by atoms with Gasteiger partial charge in [-0.25, -0.2) is 0 Å². The van der Waals surface area contributed by atoms with Gasteiger partial charge in [-0.15, -0.1) is 23.4 Å². The first-order valence-corrected chi connectivity index (χ1v) is 9.43. The van der Waals surface area contributed by atoms with Crippen molar-refractivity contribution >= 4 is 40.9 Å². The number of carbonyl (C=O) groups excluding carboxylic acids is 2. The van der Waals surface area contributed by atoms with Crippen molar-refractivity contribution < 1.29 is 14.3 Å². The standard InChI is InChI=1S/C17H21ClN2O3S/c1-12(18)16(22)19-8-6-17(7-9-19)20(15(21)11-24-17)13-4-3-5-14(10-13)23-2/h3-5,10,12H,6-9,11H2,1-2H3/t12-/m1/s1. The van der Waals surface area contributed by atoms with Crippen LogP contribution in [0.3, 0.4) is 0 Å². The number of rotatable bonds is 3. The van der Waals surface area contributed by atoms with Crippen LogP contribution < -0.4 is 9.64 Å². The Labute approximate surface area is 151 Å². The van der Waals surface area contributed by atoms with Crippen molar-refractivity contribution in [3.8, 4) is 5.75 Å². The summed E-state index contributed by atoms with van der Waals surface area (Å²) in [5.74, 6) is 1.28. The van der Waals surface area contributed by atoms with Crippen LogP contribution in [0, 0.1) is 0 Å². The van der Waals surface area contributed by atoms with Gasteiger partial charge in [0.25, 0.3) is 0 Å². The Kier molecular flexibility index (Phi) is 4.97. The van der Waals surface area contributed by atoms with Crippen molar-refractivity contribution in [2.75, 3.05) is 30.9 Å². The number of anilines is 1. The number of nitrogens with zero attached hydrogens (tertiary/aromatic N) is 2. The molecule has 24 heavy (non-hydrogen) atoms. The Bertz CT molecular complexity index is 644. The maximum atomic E-state index is 12.5. The Morgan fingerprint density at radius 1 is 1.38 bits per heavy atom. The fourth-order valence-corrected chi connectivity index (χ4v) is 4.84. The van der Waals surface area contributed by atoms with Crippen molar-refractivity contribution in [2.45, 2.75) is 30.0 Å². The molecule has 0 radical (unpaired) electrons. The van der Waals surface area contributed by atoms with Gasteiger partial charge in [0, 0.05) is 24.8 Å². The van der Waals surface area contributed by atoms with Crippen LogP contribution in [0.4, 0.5) is 5.69 Å². The third kappa shape index (κ3) is 3.09. The number of piperidine rings is 1. The third-order valence-electron chi connectivity index (χ3n) is 4.63. The molecular weight excluding hydrogens is 348 g/mol. The minimum Gasteiger partial charge on any atom is -0.497 e. The van der Waals surface area contributed by atoms with Gasteiger partial charge in [-0.2, -0.15) is 0 Å². The molecule has 0 aromatic heterocycles. The van der Waals surface area contributed by atoms with E-state index in [4.69, 9.17) is 16.3 Å². The minimum absolute atomic E-state index is 0.0335. The average Bonchev–Trinajstić information content (AvgIpc) is 2.91. The molecule has 1 aromatic carbocycles. The molecule has 0 bridgehead atoms. The lowest BCUT2D eigenvalue weighted by molar-refractivity contribution is -0.131. The molecule has 130 valence electrons. The monoisotopic (exact) mass is 368 g/mol. The van der Waals surface area contributed by atoms with Crippen LogP contribution in [-0.4, -0.2) is 52.9 Å². The van der Waals surface area contributed by atoms with Gasteiger partial charge < -0.3 is 9.64 Å². The Morgan fingerprint density at radius 2 is 2.08 bits per heavy atom. The van der Waals surface area contributed by atoms with E-state index in [9.17, 15) is 9.59 Å². The SMILES string of the molecule is COc1cccc(N2C(=O)CSC23CCN(C(=O)[C@@H](C)Cl)CC3)c1. The molecule has 0 unspecified atom stereocenters. The molecule has 1 atom stereocenters. The molecule has 2 saturated heterocycles. The van der Waals surface area contributed by atoms with Gasteiger partial charge in [0.1, 0.15) is 11.1 Å². The van der Waals surface area contributed by atoms with E-state index >= 15 is 0 Å². The molecule has 3 rings (SSSR count). The van der Waals surface area contributed by atoms with Crippen LogP contribution in [0.1, 0.15) is 19.8 Å². The second-order valence-corrected chi connectivity index (χ2v) is 8.10. The van der Waals surface area contributed by atoms with Crippen molar-refractivity contribution in [3.05, 3.63) is 24.3 Å². The van der Waals surface area contributed by atoms with E-state index < -0.39 is 5.38 Å². The lowest BCUT2D eigenvalue weighted by atomic mass is 10.0. The number of thioether (sulfide) groups is 1. The molecule has 2 aliphatic heterocycles. The van der Waals surface area contributed by atoms with E-state index in [1.807, 2.05) is 29.2 Å². The summed E-state index contributed by atoms with van der Waals surface area (Å²) >= 11 is 7.60. The summed E-state index contributed by atoms with van der Waals surface area (Å²) in [5, 5.41) is -0.508. The molecular formula is C17H21ClN2O3S. The molecule has 1 aromatic rings. The highest BCUT2D eigenvalue weighted by Gasteiger charge is 2.49. The number of carbonyl (C=O) groups is 2. The fourth-order valence-electron chi connectivity index (χ4n) is 3.38. The molecule has 7 heteroatoms. The Morgan fingerprint density at radius 3 is 2.71 bits per heavy atom. The fraction of sp³-hybridized carbons (Fsp3) is 0.529. The second-order valence-electron chi connectivity index (χ2n) is 6.11. The summed E-state index contributed by atoms with van der Waals surface area (Å²) in [7, 11) is 1.62. The molecule has 2 aliphatic rings. The van der Waals surface area contributed by atoms with E-state index in [2.05, 4.69) is 0 Å². The van der Waals surface area contributed by atoms with E-state index in [1.165, 1.54) is 0 Å². The first-order chi connectivity index (χ1) is 11.5. The maximum absolute atomic E-state index is 12.5. The second kappa shape index (κ2) is 6.84. The number of halogens is 1. The van der Waals surface area contributed by atoms with Crippen LogP contribution in [0.25, 0.3) is 0 Å². The van der Waals surface area contributed by atoms with Crippen LogP contribution in [-0.2, 0) is 9.59 Å². The molecule has 0 saturated carbocycles. The zero-order chi connectivity index (χ0) is 17.3. The van der Waals surface area contributed by atoms with E-state index in [0.717, 1.165) is 24.3 Å². The first-order valence-electron chi connectivity index (χ1n) is 8.01. The molecule has 0 aliphatic carbocycles. The molecule has 0 N–H and O–H groups in total. The van der Waals surface area contributed by atoms with Gasteiger partial charge >= 0.3 is 0 Å². The van der Waals surface area contributed by atoms with Gasteiger partial charge in [0.05, 0.1) is 17.7 Å². The zero-order valence-corrected chi connectivity index (χ0v) is 15.4. The van der Waals surface area contributed by atoms with Crippen molar-refractivity contribution in [1.29, 1.82) is 0 Å². The van der Waals surface area contributed by atoms with Crippen LogP contribution in [0.2, 0.25) is 0 Å². The number of hydrogen-bond acceptors (Lipinski definition) is 4. The van der Waals surface area contributed by atoms with Crippen molar-refractivity contribution in [3.63, 3.8) is 0 Å². The lowest BCUT2D eigenvalue weighted by Crippen LogP contribution is -2.54. The zero-order valence-electron chi connectivity index (χ0n) is 13.8. The summed E-state index contributed by atoms with van der Waals surface area (Å²) in [4.78, 5) is 28.0. The number of likely N-dealkylation sites (tertiary alicyclic amines) is 1. The van der Waals surface area contributed by atoms with Gasteiger partial charge in [0.2, 0.25) is 11.8 Å². The normalized spacial score (nSPS) is 21.2. The predicted octanol–water partition coefficient (Wildman–Crippen LogP) is 2.72. The van der Waals surface area contributed by atoms with Gasteiger partial charge in [-0.3, -0.25) is 14.5 Å². The number of alkyl halides is 1. The average molecular weight is 369 g/mol. The van der Waals surface area contributed by atoms with E-state index in [-0.39, 0.29) is 16.7 Å². The number of hydrogen-bond donors (Lipinski definition) is 0. The summed E-state index contributed by atoms with van der Waals surface area (Å²) in [6.07, 6.45) is 1.49. The minimum atomic E-state index is -0.508.